The molecule has 0 spiro atoms. The third-order valence-corrected chi connectivity index (χ3v) is 7.33. The summed E-state index contributed by atoms with van der Waals surface area (Å²) in [5, 5.41) is 1.52. The fourth-order valence-electron chi connectivity index (χ4n) is 4.84. The molecule has 2 heterocycles. The summed E-state index contributed by atoms with van der Waals surface area (Å²) in [6.07, 6.45) is 0.912. The van der Waals surface area contributed by atoms with Gasteiger partial charge in [0.1, 0.15) is 16.9 Å². The van der Waals surface area contributed by atoms with Crippen LogP contribution in [0.3, 0.4) is 0 Å². The van der Waals surface area contributed by atoms with Crippen LogP contribution in [-0.4, -0.2) is 73.0 Å². The number of nitrogens with zero attached hydrogens (tertiary/aromatic N) is 3. The van der Waals surface area contributed by atoms with Crippen LogP contribution in [0.25, 0.3) is 11.0 Å². The second-order valence-electron chi connectivity index (χ2n) is 9.47. The van der Waals surface area contributed by atoms with Crippen molar-refractivity contribution in [2.75, 3.05) is 52.4 Å². The number of ether oxygens (including phenoxy) is 1. The molecule has 8 heteroatoms. The molecule has 1 aliphatic rings. The number of carbonyl (C=O) groups excluding carboxylic acids is 1. The van der Waals surface area contributed by atoms with Crippen LogP contribution in [0.2, 0.25) is 5.02 Å². The highest BCUT2D eigenvalue weighted by atomic mass is 35.5. The van der Waals surface area contributed by atoms with Gasteiger partial charge >= 0.3 is 5.63 Å². The Balaban J connectivity index is 1.27. The number of hydrogen-bond donors (Lipinski definition) is 0. The molecular weight excluding hydrogens is 490 g/mol. The van der Waals surface area contributed by atoms with Crippen molar-refractivity contribution in [2.24, 2.45) is 0 Å². The highest BCUT2D eigenvalue weighted by Crippen LogP contribution is 2.25. The summed E-state index contributed by atoms with van der Waals surface area (Å²) in [4.78, 5) is 32.0. The number of aryl methyl sites for hydroxylation is 1. The van der Waals surface area contributed by atoms with Gasteiger partial charge in [0.15, 0.2) is 0 Å². The van der Waals surface area contributed by atoms with Gasteiger partial charge in [0.25, 0.3) is 5.91 Å². The van der Waals surface area contributed by atoms with E-state index in [0.717, 1.165) is 56.1 Å². The van der Waals surface area contributed by atoms with Gasteiger partial charge in [-0.25, -0.2) is 4.79 Å². The van der Waals surface area contributed by atoms with Gasteiger partial charge in [0.2, 0.25) is 0 Å². The van der Waals surface area contributed by atoms with E-state index < -0.39 is 5.63 Å². The van der Waals surface area contributed by atoms with E-state index in [2.05, 4.69) is 21.9 Å². The minimum Gasteiger partial charge on any atom is -0.493 e. The molecule has 0 aliphatic carbocycles. The molecule has 7 nitrogen and oxygen atoms in total. The van der Waals surface area contributed by atoms with Gasteiger partial charge in [-0.05, 0) is 62.6 Å². The van der Waals surface area contributed by atoms with E-state index in [-0.39, 0.29) is 11.5 Å². The summed E-state index contributed by atoms with van der Waals surface area (Å²) in [7, 11) is 0. The molecule has 198 valence electrons. The summed E-state index contributed by atoms with van der Waals surface area (Å²) >= 11 is 5.99. The lowest BCUT2D eigenvalue weighted by molar-refractivity contribution is 0.0768. The van der Waals surface area contributed by atoms with Crippen LogP contribution in [0.1, 0.15) is 41.8 Å². The van der Waals surface area contributed by atoms with Gasteiger partial charge in [-0.15, -0.1) is 0 Å². The van der Waals surface area contributed by atoms with Gasteiger partial charge in [-0.1, -0.05) is 23.7 Å². The average molecular weight is 526 g/mol. The van der Waals surface area contributed by atoms with Gasteiger partial charge in [0, 0.05) is 68.8 Å². The van der Waals surface area contributed by atoms with E-state index in [9.17, 15) is 9.59 Å². The molecular formula is C29H36ClN3O4. The zero-order chi connectivity index (χ0) is 26.4. The van der Waals surface area contributed by atoms with E-state index >= 15 is 0 Å². The Morgan fingerprint density at radius 3 is 2.38 bits per heavy atom. The Labute approximate surface area is 223 Å². The van der Waals surface area contributed by atoms with Crippen LogP contribution < -0.4 is 10.4 Å². The van der Waals surface area contributed by atoms with E-state index in [0.29, 0.717) is 36.6 Å². The smallest absolute Gasteiger partial charge is 0.349 e. The first-order valence-corrected chi connectivity index (χ1v) is 13.5. The molecule has 1 amide bonds. The quantitative estimate of drug-likeness (QED) is 0.279. The van der Waals surface area contributed by atoms with Crippen LogP contribution >= 0.6 is 11.6 Å². The molecule has 0 saturated carbocycles. The molecule has 0 N–H and O–H groups in total. The minimum atomic E-state index is -0.603. The lowest BCUT2D eigenvalue weighted by Crippen LogP contribution is -2.46. The van der Waals surface area contributed by atoms with Crippen molar-refractivity contribution in [3.63, 3.8) is 0 Å². The van der Waals surface area contributed by atoms with Crippen LogP contribution in [-0.2, 0) is 6.54 Å². The first-order chi connectivity index (χ1) is 17.9. The number of hydrogen-bond acceptors (Lipinski definition) is 6. The Bertz CT molecular complexity index is 1260. The van der Waals surface area contributed by atoms with Gasteiger partial charge in [-0.3, -0.25) is 9.69 Å². The minimum absolute atomic E-state index is 0.109. The van der Waals surface area contributed by atoms with Crippen molar-refractivity contribution in [1.82, 2.24) is 14.7 Å². The largest absolute Gasteiger partial charge is 0.493 e. The Morgan fingerprint density at radius 1 is 1.03 bits per heavy atom. The Kier molecular flexibility index (Phi) is 9.24. The summed E-state index contributed by atoms with van der Waals surface area (Å²) < 4.78 is 11.5. The van der Waals surface area contributed by atoms with E-state index in [4.69, 9.17) is 20.8 Å². The summed E-state index contributed by atoms with van der Waals surface area (Å²) in [5.74, 6) is 0.370. The Morgan fingerprint density at radius 2 is 1.70 bits per heavy atom. The van der Waals surface area contributed by atoms with Crippen molar-refractivity contribution in [3.8, 4) is 5.75 Å². The van der Waals surface area contributed by atoms with Crippen LogP contribution in [0.15, 0.2) is 51.7 Å². The maximum absolute atomic E-state index is 12.8. The number of carbonyl (C=O) groups is 1. The zero-order valence-corrected chi connectivity index (χ0v) is 22.7. The van der Waals surface area contributed by atoms with Crippen molar-refractivity contribution in [2.45, 2.75) is 33.7 Å². The van der Waals surface area contributed by atoms with Crippen molar-refractivity contribution in [3.05, 3.63) is 74.6 Å². The SMILES string of the molecule is CCN(CC)C(=O)c1c(C)c2ccc(OCCCN3CCN(Cc4ccc(Cl)cc4)CC3)cc2oc1=O. The molecule has 0 bridgehead atoms. The van der Waals surface area contributed by atoms with Crippen molar-refractivity contribution < 1.29 is 13.9 Å². The fraction of sp³-hybridized carbons (Fsp3) is 0.448. The van der Waals surface area contributed by atoms with Gasteiger partial charge in [-0.2, -0.15) is 0 Å². The zero-order valence-electron chi connectivity index (χ0n) is 22.0. The van der Waals surface area contributed by atoms with E-state index in [1.165, 1.54) is 5.56 Å². The second kappa shape index (κ2) is 12.6. The van der Waals surface area contributed by atoms with E-state index in [1.807, 2.05) is 38.1 Å². The standard InChI is InChI=1S/C29H36ClN3O4/c1-4-33(5-2)28(34)27-21(3)25-12-11-24(19-26(25)37-29(27)35)36-18-6-13-31-14-16-32(17-15-31)20-22-7-9-23(30)10-8-22/h7-12,19H,4-6,13-18,20H2,1-3H3. The average Bonchev–Trinajstić information content (AvgIpc) is 2.89. The first kappa shape index (κ1) is 27.2. The topological polar surface area (TPSA) is 66.2 Å². The normalized spacial score (nSPS) is 14.7. The second-order valence-corrected chi connectivity index (χ2v) is 9.91. The monoisotopic (exact) mass is 525 g/mol. The van der Waals surface area contributed by atoms with Crippen LogP contribution in [0.4, 0.5) is 0 Å². The maximum Gasteiger partial charge on any atom is 0.349 e. The van der Waals surface area contributed by atoms with Crippen LogP contribution in [0.5, 0.6) is 5.75 Å². The lowest BCUT2D eigenvalue weighted by Gasteiger charge is -2.34. The van der Waals surface area contributed by atoms with Crippen LogP contribution in [0, 0.1) is 6.92 Å². The molecule has 1 aliphatic heterocycles. The molecule has 1 fully saturated rings. The molecule has 0 atom stereocenters. The fourth-order valence-corrected chi connectivity index (χ4v) is 4.97. The summed E-state index contributed by atoms with van der Waals surface area (Å²) in [6.45, 7) is 13.4. The lowest BCUT2D eigenvalue weighted by atomic mass is 10.0. The highest BCUT2D eigenvalue weighted by Gasteiger charge is 2.22. The molecule has 1 aromatic heterocycles. The molecule has 2 aromatic carbocycles. The molecule has 3 aromatic rings. The predicted molar refractivity (Wildman–Crippen MR) is 148 cm³/mol. The van der Waals surface area contributed by atoms with E-state index in [1.54, 1.807) is 17.9 Å². The number of amides is 1. The highest BCUT2D eigenvalue weighted by molar-refractivity contribution is 6.30. The Hall–Kier alpha value is -2.87. The first-order valence-electron chi connectivity index (χ1n) is 13.1. The number of benzene rings is 2. The number of rotatable bonds is 10. The molecule has 0 unspecified atom stereocenters. The number of fused-ring (bicyclic) bond motifs is 1. The molecule has 4 rings (SSSR count). The molecule has 1 saturated heterocycles. The third kappa shape index (κ3) is 6.72. The third-order valence-electron chi connectivity index (χ3n) is 7.08. The van der Waals surface area contributed by atoms with Crippen molar-refractivity contribution >= 4 is 28.5 Å². The van der Waals surface area contributed by atoms with Gasteiger partial charge < -0.3 is 19.0 Å². The predicted octanol–water partition coefficient (Wildman–Crippen LogP) is 4.82. The molecule has 37 heavy (non-hydrogen) atoms. The van der Waals surface area contributed by atoms with Crippen molar-refractivity contribution in [1.29, 1.82) is 0 Å². The number of piperazine rings is 1. The summed E-state index contributed by atoms with van der Waals surface area (Å²) in [6, 6.07) is 13.6. The molecule has 0 radical (unpaired) electrons. The maximum atomic E-state index is 12.8. The summed E-state index contributed by atoms with van der Waals surface area (Å²) in [5.41, 5.74) is 1.88. The van der Waals surface area contributed by atoms with Gasteiger partial charge in [0.05, 0.1) is 6.61 Å². The number of halogens is 1.